The fourth-order valence-electron chi connectivity index (χ4n) is 2.99. The molecular weight excluding hydrogens is 288 g/mol. The molecule has 1 saturated heterocycles. The molecule has 6 heteroatoms. The minimum atomic E-state index is -3.34. The second-order valence-corrected chi connectivity index (χ2v) is 7.94. The van der Waals surface area contributed by atoms with Gasteiger partial charge in [0.15, 0.2) is 0 Å². The molecule has 1 aromatic carbocycles. The van der Waals surface area contributed by atoms with Gasteiger partial charge in [0.1, 0.15) is 0 Å². The third kappa shape index (κ3) is 2.93. The molecule has 0 radical (unpaired) electrons. The highest BCUT2D eigenvalue weighted by Gasteiger charge is 2.36. The third-order valence-corrected chi connectivity index (χ3v) is 6.51. The van der Waals surface area contributed by atoms with E-state index in [1.165, 1.54) is 0 Å². The molecule has 0 aliphatic carbocycles. The summed E-state index contributed by atoms with van der Waals surface area (Å²) in [6.07, 6.45) is 1.17. The Bertz CT molecular complexity index is 597. The Morgan fingerprint density at radius 2 is 1.95 bits per heavy atom. The van der Waals surface area contributed by atoms with Crippen molar-refractivity contribution in [2.24, 2.45) is 0 Å². The molecule has 1 fully saturated rings. The predicted molar refractivity (Wildman–Crippen MR) is 82.9 cm³/mol. The topological polar surface area (TPSA) is 58.6 Å². The summed E-state index contributed by atoms with van der Waals surface area (Å²) in [6, 6.07) is 7.89. The molecule has 0 bridgehead atoms. The van der Waals surface area contributed by atoms with Crippen molar-refractivity contribution >= 4 is 15.7 Å². The van der Waals surface area contributed by atoms with Crippen molar-refractivity contribution < 1.29 is 13.2 Å². The zero-order chi connectivity index (χ0) is 14.9. The van der Waals surface area contributed by atoms with Crippen LogP contribution in [0.4, 0.5) is 5.69 Å². The standard InChI is InChI=1S/C15H22N2O3S/c1-12-11-17(15-5-3-2-4-13(15)10-16-12)21(18,19)14-6-8-20-9-7-14/h2-5,12,14,16H,6-11H2,1H3. The molecule has 0 spiro atoms. The Hall–Kier alpha value is -1.11. The van der Waals surface area contributed by atoms with E-state index in [-0.39, 0.29) is 11.3 Å². The Kier molecular flexibility index (Phi) is 4.19. The average Bonchev–Trinajstić information content (AvgIpc) is 2.68. The Balaban J connectivity index is 1.98. The third-order valence-electron chi connectivity index (χ3n) is 4.24. The minimum absolute atomic E-state index is 0.131. The van der Waals surface area contributed by atoms with Crippen LogP contribution in [0.1, 0.15) is 25.3 Å². The van der Waals surface area contributed by atoms with Crippen molar-refractivity contribution in [1.82, 2.24) is 5.32 Å². The van der Waals surface area contributed by atoms with Crippen LogP contribution in [0.25, 0.3) is 0 Å². The number of nitrogens with one attached hydrogen (secondary N) is 1. The minimum Gasteiger partial charge on any atom is -0.381 e. The van der Waals surface area contributed by atoms with Crippen LogP contribution in [0, 0.1) is 0 Å². The van der Waals surface area contributed by atoms with Crippen LogP contribution in [-0.2, 0) is 21.3 Å². The monoisotopic (exact) mass is 310 g/mol. The zero-order valence-corrected chi connectivity index (χ0v) is 13.1. The van der Waals surface area contributed by atoms with Gasteiger partial charge in [-0.25, -0.2) is 8.42 Å². The Morgan fingerprint density at radius 3 is 2.71 bits per heavy atom. The van der Waals surface area contributed by atoms with Gasteiger partial charge in [-0.05, 0) is 31.4 Å². The summed E-state index contributed by atoms with van der Waals surface area (Å²) >= 11 is 0. The maximum atomic E-state index is 13.0. The van der Waals surface area contributed by atoms with Gasteiger partial charge >= 0.3 is 0 Å². The number of hydrogen-bond donors (Lipinski definition) is 1. The molecule has 116 valence electrons. The lowest BCUT2D eigenvalue weighted by Gasteiger charge is -2.32. The molecule has 0 amide bonds. The van der Waals surface area contributed by atoms with E-state index in [1.807, 2.05) is 31.2 Å². The van der Waals surface area contributed by atoms with E-state index in [9.17, 15) is 8.42 Å². The first-order chi connectivity index (χ1) is 10.1. The van der Waals surface area contributed by atoms with Crippen LogP contribution in [0.5, 0.6) is 0 Å². The van der Waals surface area contributed by atoms with Gasteiger partial charge in [0.2, 0.25) is 10.0 Å². The largest absolute Gasteiger partial charge is 0.381 e. The van der Waals surface area contributed by atoms with Gasteiger partial charge in [-0.15, -0.1) is 0 Å². The van der Waals surface area contributed by atoms with Crippen LogP contribution in [0.3, 0.4) is 0 Å². The summed E-state index contributed by atoms with van der Waals surface area (Å²) in [5.41, 5.74) is 1.86. The van der Waals surface area contributed by atoms with Crippen molar-refractivity contribution in [1.29, 1.82) is 0 Å². The van der Waals surface area contributed by atoms with E-state index in [1.54, 1.807) is 4.31 Å². The number of nitrogens with zero attached hydrogens (tertiary/aromatic N) is 1. The van der Waals surface area contributed by atoms with E-state index in [0.29, 0.717) is 39.1 Å². The van der Waals surface area contributed by atoms with Gasteiger partial charge < -0.3 is 10.1 Å². The molecule has 1 atom stereocenters. The van der Waals surface area contributed by atoms with Gasteiger partial charge in [0.25, 0.3) is 0 Å². The molecular formula is C15H22N2O3S. The molecule has 2 heterocycles. The number of anilines is 1. The number of sulfonamides is 1. The number of rotatable bonds is 2. The molecule has 2 aliphatic rings. The lowest BCUT2D eigenvalue weighted by molar-refractivity contribution is 0.0983. The van der Waals surface area contributed by atoms with E-state index < -0.39 is 10.0 Å². The molecule has 1 unspecified atom stereocenters. The summed E-state index contributed by atoms with van der Waals surface area (Å²) in [6.45, 7) is 4.28. The SMILES string of the molecule is CC1CN(S(=O)(=O)C2CCOCC2)c2ccccc2CN1. The molecule has 0 saturated carbocycles. The molecule has 2 aliphatic heterocycles. The Morgan fingerprint density at radius 1 is 1.24 bits per heavy atom. The van der Waals surface area contributed by atoms with Gasteiger partial charge in [-0.3, -0.25) is 4.31 Å². The summed E-state index contributed by atoms with van der Waals surface area (Å²) in [5, 5.41) is 3.05. The van der Waals surface area contributed by atoms with Crippen molar-refractivity contribution in [2.75, 3.05) is 24.1 Å². The number of benzene rings is 1. The van der Waals surface area contributed by atoms with Crippen LogP contribution in [0.15, 0.2) is 24.3 Å². The van der Waals surface area contributed by atoms with Gasteiger partial charge in [0, 0.05) is 32.3 Å². The van der Waals surface area contributed by atoms with Crippen LogP contribution in [0.2, 0.25) is 0 Å². The fourth-order valence-corrected chi connectivity index (χ4v) is 5.03. The number of para-hydroxylation sites is 1. The van der Waals surface area contributed by atoms with E-state index >= 15 is 0 Å². The van der Waals surface area contributed by atoms with Gasteiger partial charge in [-0.2, -0.15) is 0 Å². The molecule has 5 nitrogen and oxygen atoms in total. The lowest BCUT2D eigenvalue weighted by atomic mass is 10.2. The maximum absolute atomic E-state index is 13.0. The Labute approximate surface area is 126 Å². The highest BCUT2D eigenvalue weighted by Crippen LogP contribution is 2.30. The van der Waals surface area contributed by atoms with E-state index in [0.717, 1.165) is 11.3 Å². The molecule has 3 rings (SSSR count). The number of fused-ring (bicyclic) bond motifs is 1. The lowest BCUT2D eigenvalue weighted by Crippen LogP contribution is -2.45. The van der Waals surface area contributed by atoms with E-state index in [4.69, 9.17) is 4.74 Å². The first-order valence-electron chi connectivity index (χ1n) is 7.49. The number of ether oxygens (including phenoxy) is 1. The highest BCUT2D eigenvalue weighted by atomic mass is 32.2. The summed E-state index contributed by atoms with van der Waals surface area (Å²) in [4.78, 5) is 0. The predicted octanol–water partition coefficient (Wildman–Crippen LogP) is 1.49. The smallest absolute Gasteiger partial charge is 0.238 e. The molecule has 1 aromatic rings. The van der Waals surface area contributed by atoms with Crippen LogP contribution in [-0.4, -0.2) is 39.5 Å². The fraction of sp³-hybridized carbons (Fsp3) is 0.600. The quantitative estimate of drug-likeness (QED) is 0.899. The van der Waals surface area contributed by atoms with E-state index in [2.05, 4.69) is 5.32 Å². The van der Waals surface area contributed by atoms with Crippen LogP contribution >= 0.6 is 0 Å². The first-order valence-corrected chi connectivity index (χ1v) is 9.00. The normalized spacial score (nSPS) is 24.4. The molecule has 21 heavy (non-hydrogen) atoms. The second-order valence-electron chi connectivity index (χ2n) is 5.80. The van der Waals surface area contributed by atoms with Gasteiger partial charge in [-0.1, -0.05) is 18.2 Å². The van der Waals surface area contributed by atoms with Crippen molar-refractivity contribution in [3.63, 3.8) is 0 Å². The highest BCUT2D eigenvalue weighted by molar-refractivity contribution is 7.93. The average molecular weight is 310 g/mol. The van der Waals surface area contributed by atoms with Gasteiger partial charge in [0.05, 0.1) is 10.9 Å². The van der Waals surface area contributed by atoms with Crippen molar-refractivity contribution in [2.45, 2.75) is 37.6 Å². The van der Waals surface area contributed by atoms with Crippen molar-refractivity contribution in [3.8, 4) is 0 Å². The summed E-state index contributed by atoms with van der Waals surface area (Å²) in [7, 11) is -3.34. The summed E-state index contributed by atoms with van der Waals surface area (Å²) < 4.78 is 33.0. The second kappa shape index (κ2) is 5.94. The molecule has 1 N–H and O–H groups in total. The number of hydrogen-bond acceptors (Lipinski definition) is 4. The zero-order valence-electron chi connectivity index (χ0n) is 12.3. The van der Waals surface area contributed by atoms with Crippen LogP contribution < -0.4 is 9.62 Å². The molecule has 0 aromatic heterocycles. The van der Waals surface area contributed by atoms with Crippen molar-refractivity contribution in [3.05, 3.63) is 29.8 Å². The summed E-state index contributed by atoms with van der Waals surface area (Å²) in [5.74, 6) is 0. The maximum Gasteiger partial charge on any atom is 0.238 e. The first kappa shape index (κ1) is 14.8.